The van der Waals surface area contributed by atoms with Gasteiger partial charge in [-0.3, -0.25) is 19.7 Å². The van der Waals surface area contributed by atoms with Gasteiger partial charge in [-0.2, -0.15) is 0 Å². The van der Waals surface area contributed by atoms with Gasteiger partial charge in [-0.05, 0) is 73.9 Å². The Morgan fingerprint density at radius 3 is 2.46 bits per heavy atom. The monoisotopic (exact) mass is 567 g/mol. The number of carbonyl (C=O) groups is 3. The minimum absolute atomic E-state index is 0.0934. The number of hydrogen-bond acceptors (Lipinski definition) is 6. The summed E-state index contributed by atoms with van der Waals surface area (Å²) in [5.41, 5.74) is 4.55. The van der Waals surface area contributed by atoms with Gasteiger partial charge in [0.05, 0.1) is 0 Å². The van der Waals surface area contributed by atoms with Gasteiger partial charge in [-0.1, -0.05) is 54.6 Å². The molecule has 0 bridgehead atoms. The standard InChI is InChI=1S/C32H33N5O3S/c1-36(2)18-7-6-16-33-29(38)24-12-10-22(11-13-24)25-14-15-26-21-37(31(40)27(26)20-25)28(23-8-4-3-5-9-23)30(39)35-32-34-17-19-41-32/h3-5,8-15,17,19-20,28H,6-7,16,18,21H2,1-2H3,(H,33,38)(H,34,35,39). The molecule has 0 fully saturated rings. The number of unbranched alkanes of at least 4 members (excludes halogenated alkanes) is 1. The van der Waals surface area contributed by atoms with Gasteiger partial charge in [0.1, 0.15) is 6.04 Å². The largest absolute Gasteiger partial charge is 0.352 e. The van der Waals surface area contributed by atoms with Crippen molar-refractivity contribution in [1.82, 2.24) is 20.1 Å². The number of carbonyl (C=O) groups excluding carboxylic acids is 3. The molecule has 0 radical (unpaired) electrons. The van der Waals surface area contributed by atoms with Crippen LogP contribution in [0, 0.1) is 0 Å². The fourth-order valence-electron chi connectivity index (χ4n) is 4.95. The number of nitrogens with zero attached hydrogens (tertiary/aromatic N) is 3. The summed E-state index contributed by atoms with van der Waals surface area (Å²) in [5, 5.41) is 8.12. The van der Waals surface area contributed by atoms with E-state index in [1.165, 1.54) is 11.3 Å². The molecule has 2 heterocycles. The Bertz CT molecular complexity index is 1500. The summed E-state index contributed by atoms with van der Waals surface area (Å²) >= 11 is 1.33. The molecule has 8 nitrogen and oxygen atoms in total. The number of amides is 3. The van der Waals surface area contributed by atoms with Crippen LogP contribution in [0.4, 0.5) is 5.13 Å². The molecule has 1 aromatic heterocycles. The summed E-state index contributed by atoms with van der Waals surface area (Å²) in [6, 6.07) is 21.7. The summed E-state index contributed by atoms with van der Waals surface area (Å²) in [6.07, 6.45) is 3.59. The average molecular weight is 568 g/mol. The highest BCUT2D eigenvalue weighted by molar-refractivity contribution is 7.13. The van der Waals surface area contributed by atoms with Crippen molar-refractivity contribution in [3.05, 3.63) is 107 Å². The first kappa shape index (κ1) is 28.2. The van der Waals surface area contributed by atoms with Crippen molar-refractivity contribution in [2.75, 3.05) is 32.5 Å². The fraction of sp³-hybridized carbons (Fsp3) is 0.250. The number of aromatic nitrogens is 1. The molecular formula is C32H33N5O3S. The number of fused-ring (bicyclic) bond motifs is 1. The van der Waals surface area contributed by atoms with Crippen LogP contribution in [0.1, 0.15) is 50.7 Å². The summed E-state index contributed by atoms with van der Waals surface area (Å²) in [7, 11) is 4.08. The Hall–Kier alpha value is -4.34. The molecule has 41 heavy (non-hydrogen) atoms. The lowest BCUT2D eigenvalue weighted by atomic mass is 9.99. The van der Waals surface area contributed by atoms with Crippen LogP contribution in [-0.4, -0.2) is 59.7 Å². The Morgan fingerprint density at radius 2 is 1.76 bits per heavy atom. The minimum atomic E-state index is -0.802. The Kier molecular flexibility index (Phi) is 8.86. The summed E-state index contributed by atoms with van der Waals surface area (Å²) < 4.78 is 0. The quantitative estimate of drug-likeness (QED) is 0.243. The van der Waals surface area contributed by atoms with Crippen LogP contribution in [0.2, 0.25) is 0 Å². The van der Waals surface area contributed by atoms with E-state index in [1.54, 1.807) is 28.6 Å². The molecule has 0 saturated heterocycles. The van der Waals surface area contributed by atoms with Gasteiger partial charge in [0, 0.05) is 35.8 Å². The van der Waals surface area contributed by atoms with E-state index in [9.17, 15) is 14.4 Å². The van der Waals surface area contributed by atoms with Gasteiger partial charge < -0.3 is 15.1 Å². The van der Waals surface area contributed by atoms with Crippen molar-refractivity contribution < 1.29 is 14.4 Å². The smallest absolute Gasteiger partial charge is 0.255 e. The van der Waals surface area contributed by atoms with E-state index in [0.717, 1.165) is 41.6 Å². The third-order valence-corrected chi connectivity index (χ3v) is 7.77. The fourth-order valence-corrected chi connectivity index (χ4v) is 5.48. The average Bonchev–Trinajstić information content (AvgIpc) is 3.61. The predicted molar refractivity (Wildman–Crippen MR) is 162 cm³/mol. The van der Waals surface area contributed by atoms with E-state index >= 15 is 0 Å². The number of hydrogen-bond donors (Lipinski definition) is 2. The topological polar surface area (TPSA) is 94.6 Å². The zero-order valence-electron chi connectivity index (χ0n) is 23.2. The number of anilines is 1. The molecule has 5 rings (SSSR count). The molecule has 210 valence electrons. The maximum atomic E-state index is 13.7. The molecular weight excluding hydrogens is 534 g/mol. The van der Waals surface area contributed by atoms with Crippen molar-refractivity contribution in [3.63, 3.8) is 0 Å². The lowest BCUT2D eigenvalue weighted by molar-refractivity contribution is -0.120. The van der Waals surface area contributed by atoms with Crippen LogP contribution in [0.3, 0.4) is 0 Å². The van der Waals surface area contributed by atoms with Gasteiger partial charge >= 0.3 is 0 Å². The third-order valence-electron chi connectivity index (χ3n) is 7.08. The first-order valence-electron chi connectivity index (χ1n) is 13.6. The van der Waals surface area contributed by atoms with Crippen LogP contribution in [0.25, 0.3) is 11.1 Å². The van der Waals surface area contributed by atoms with Crippen molar-refractivity contribution in [3.8, 4) is 11.1 Å². The molecule has 3 aromatic carbocycles. The lowest BCUT2D eigenvalue weighted by Gasteiger charge is -2.27. The SMILES string of the molecule is CN(C)CCCCNC(=O)c1ccc(-c2ccc3c(c2)C(=O)N(C(C(=O)Nc2nccs2)c2ccccc2)C3)cc1. The maximum absolute atomic E-state index is 13.7. The molecule has 1 unspecified atom stereocenters. The van der Waals surface area contributed by atoms with E-state index < -0.39 is 6.04 Å². The zero-order chi connectivity index (χ0) is 28.8. The Labute approximate surface area is 244 Å². The molecule has 0 saturated carbocycles. The van der Waals surface area contributed by atoms with E-state index in [2.05, 4.69) is 20.5 Å². The van der Waals surface area contributed by atoms with Gasteiger partial charge in [0.25, 0.3) is 17.7 Å². The first-order valence-corrected chi connectivity index (χ1v) is 14.5. The Balaban J connectivity index is 1.30. The Morgan fingerprint density at radius 1 is 1.00 bits per heavy atom. The van der Waals surface area contributed by atoms with E-state index in [-0.39, 0.29) is 17.7 Å². The van der Waals surface area contributed by atoms with Crippen LogP contribution in [0.5, 0.6) is 0 Å². The van der Waals surface area contributed by atoms with Crippen molar-refractivity contribution >= 4 is 34.2 Å². The van der Waals surface area contributed by atoms with Crippen LogP contribution >= 0.6 is 11.3 Å². The van der Waals surface area contributed by atoms with E-state index in [0.29, 0.717) is 29.3 Å². The molecule has 2 N–H and O–H groups in total. The van der Waals surface area contributed by atoms with Crippen LogP contribution < -0.4 is 10.6 Å². The molecule has 0 aliphatic carbocycles. The normalized spacial score (nSPS) is 13.2. The number of rotatable bonds is 11. The van der Waals surface area contributed by atoms with Gasteiger partial charge in [0.2, 0.25) is 0 Å². The summed E-state index contributed by atoms with van der Waals surface area (Å²) in [5.74, 6) is -0.599. The highest BCUT2D eigenvalue weighted by atomic mass is 32.1. The van der Waals surface area contributed by atoms with Crippen LogP contribution in [-0.2, 0) is 11.3 Å². The van der Waals surface area contributed by atoms with Crippen molar-refractivity contribution in [2.45, 2.75) is 25.4 Å². The lowest BCUT2D eigenvalue weighted by Crippen LogP contribution is -2.37. The number of nitrogens with one attached hydrogen (secondary N) is 2. The second-order valence-electron chi connectivity index (χ2n) is 10.3. The summed E-state index contributed by atoms with van der Waals surface area (Å²) in [4.78, 5) is 47.6. The number of thiazole rings is 1. The second-order valence-corrected chi connectivity index (χ2v) is 11.2. The maximum Gasteiger partial charge on any atom is 0.255 e. The molecule has 3 amide bonds. The highest BCUT2D eigenvalue weighted by Crippen LogP contribution is 2.35. The van der Waals surface area contributed by atoms with Gasteiger partial charge in [-0.25, -0.2) is 4.98 Å². The van der Waals surface area contributed by atoms with E-state index in [4.69, 9.17) is 0 Å². The highest BCUT2D eigenvalue weighted by Gasteiger charge is 2.37. The van der Waals surface area contributed by atoms with Crippen molar-refractivity contribution in [2.24, 2.45) is 0 Å². The number of benzene rings is 3. The van der Waals surface area contributed by atoms with Crippen LogP contribution in [0.15, 0.2) is 84.4 Å². The van der Waals surface area contributed by atoms with Gasteiger partial charge in [0.15, 0.2) is 5.13 Å². The summed E-state index contributed by atoms with van der Waals surface area (Å²) in [6.45, 7) is 1.97. The molecule has 1 aliphatic rings. The molecule has 1 atom stereocenters. The van der Waals surface area contributed by atoms with E-state index in [1.807, 2.05) is 74.8 Å². The van der Waals surface area contributed by atoms with Gasteiger partial charge in [-0.15, -0.1) is 11.3 Å². The molecule has 1 aliphatic heterocycles. The second kappa shape index (κ2) is 12.9. The molecule has 4 aromatic rings. The third kappa shape index (κ3) is 6.70. The minimum Gasteiger partial charge on any atom is -0.352 e. The molecule has 0 spiro atoms. The first-order chi connectivity index (χ1) is 19.9. The molecule has 9 heteroatoms. The zero-order valence-corrected chi connectivity index (χ0v) is 24.0. The predicted octanol–water partition coefficient (Wildman–Crippen LogP) is 5.22. The van der Waals surface area contributed by atoms with Crippen molar-refractivity contribution in [1.29, 1.82) is 0 Å².